The molecule has 1 unspecified atom stereocenters. The Kier molecular flexibility index (Phi) is 5.03. The summed E-state index contributed by atoms with van der Waals surface area (Å²) in [6.07, 6.45) is 2.88. The molecule has 3 rings (SSSR count). The lowest BCUT2D eigenvalue weighted by atomic mass is 9.63. The number of hydrogen-bond donors (Lipinski definition) is 0. The number of fused-ring (bicyclic) bond motifs is 1. The van der Waals surface area contributed by atoms with Crippen LogP contribution in [0.1, 0.15) is 42.9 Å². The molecule has 1 atom stereocenters. The fraction of sp³-hybridized carbons (Fsp3) is 0.364. The molecule has 0 heterocycles. The van der Waals surface area contributed by atoms with Crippen LogP contribution in [0.15, 0.2) is 48.5 Å². The number of carbonyl (C=O) groups is 2. The summed E-state index contributed by atoms with van der Waals surface area (Å²) in [7, 11) is 1.66. The molecular formula is C22H24O3. The molecule has 0 aromatic heterocycles. The van der Waals surface area contributed by atoms with Crippen LogP contribution in [-0.4, -0.2) is 18.7 Å². The average molecular weight is 336 g/mol. The first-order valence-corrected chi connectivity index (χ1v) is 8.79. The second kappa shape index (κ2) is 7.22. The van der Waals surface area contributed by atoms with Gasteiger partial charge in [0.2, 0.25) is 0 Å². The van der Waals surface area contributed by atoms with Crippen molar-refractivity contribution in [2.75, 3.05) is 7.11 Å². The number of aryl methyl sites for hydroxylation is 1. The molecule has 130 valence electrons. The quantitative estimate of drug-likeness (QED) is 0.799. The fourth-order valence-corrected chi connectivity index (χ4v) is 3.90. The number of Topliss-reactive ketones (excluding diaryl/α,β-unsaturated/α-hetero) is 2. The average Bonchev–Trinajstić information content (AvgIpc) is 2.63. The Bertz CT molecular complexity index is 779. The van der Waals surface area contributed by atoms with E-state index in [2.05, 4.69) is 12.1 Å². The SMILES string of the molecule is COc1ccc2c(c1)CCC(=O)C2(CCC(C)=O)Cc1ccccc1. The maximum Gasteiger partial charge on any atom is 0.144 e. The number of methoxy groups -OCH3 is 1. The minimum atomic E-state index is -0.618. The molecule has 0 bridgehead atoms. The Morgan fingerprint density at radius 2 is 1.88 bits per heavy atom. The lowest BCUT2D eigenvalue weighted by molar-refractivity contribution is -0.126. The van der Waals surface area contributed by atoms with E-state index in [9.17, 15) is 9.59 Å². The van der Waals surface area contributed by atoms with Crippen molar-refractivity contribution in [1.82, 2.24) is 0 Å². The van der Waals surface area contributed by atoms with E-state index in [1.807, 2.05) is 36.4 Å². The van der Waals surface area contributed by atoms with Gasteiger partial charge in [-0.25, -0.2) is 0 Å². The van der Waals surface area contributed by atoms with Gasteiger partial charge in [0.25, 0.3) is 0 Å². The molecule has 0 spiro atoms. The maximum absolute atomic E-state index is 13.1. The van der Waals surface area contributed by atoms with Crippen molar-refractivity contribution in [1.29, 1.82) is 0 Å². The minimum Gasteiger partial charge on any atom is -0.497 e. The summed E-state index contributed by atoms with van der Waals surface area (Å²) in [4.78, 5) is 24.8. The zero-order valence-electron chi connectivity index (χ0n) is 14.9. The Labute approximate surface area is 149 Å². The summed E-state index contributed by atoms with van der Waals surface area (Å²) >= 11 is 0. The maximum atomic E-state index is 13.1. The molecule has 2 aromatic rings. The van der Waals surface area contributed by atoms with Gasteiger partial charge < -0.3 is 9.53 Å². The van der Waals surface area contributed by atoms with Crippen LogP contribution in [0.2, 0.25) is 0 Å². The van der Waals surface area contributed by atoms with Gasteiger partial charge in [-0.2, -0.15) is 0 Å². The Hall–Kier alpha value is -2.42. The van der Waals surface area contributed by atoms with Crippen LogP contribution in [0.25, 0.3) is 0 Å². The summed E-state index contributed by atoms with van der Waals surface area (Å²) in [6.45, 7) is 1.60. The van der Waals surface area contributed by atoms with E-state index in [1.165, 1.54) is 5.56 Å². The van der Waals surface area contributed by atoms with E-state index in [0.29, 0.717) is 25.7 Å². The summed E-state index contributed by atoms with van der Waals surface area (Å²) < 4.78 is 5.35. The topological polar surface area (TPSA) is 43.4 Å². The first-order valence-electron chi connectivity index (χ1n) is 8.79. The molecule has 3 nitrogen and oxygen atoms in total. The predicted molar refractivity (Wildman–Crippen MR) is 98.1 cm³/mol. The van der Waals surface area contributed by atoms with Gasteiger partial charge in [0.05, 0.1) is 12.5 Å². The van der Waals surface area contributed by atoms with E-state index in [1.54, 1.807) is 14.0 Å². The third-order valence-electron chi connectivity index (χ3n) is 5.24. The lowest BCUT2D eigenvalue weighted by Gasteiger charge is -2.38. The van der Waals surface area contributed by atoms with E-state index in [0.717, 1.165) is 23.3 Å². The minimum absolute atomic E-state index is 0.126. The summed E-state index contributed by atoms with van der Waals surface area (Å²) in [6, 6.07) is 16.1. The fourth-order valence-electron chi connectivity index (χ4n) is 3.90. The van der Waals surface area contributed by atoms with Crippen molar-refractivity contribution in [3.05, 3.63) is 65.2 Å². The van der Waals surface area contributed by atoms with Crippen LogP contribution < -0.4 is 4.74 Å². The lowest BCUT2D eigenvalue weighted by Crippen LogP contribution is -2.42. The van der Waals surface area contributed by atoms with Gasteiger partial charge in [0.1, 0.15) is 17.3 Å². The Morgan fingerprint density at radius 1 is 1.12 bits per heavy atom. The van der Waals surface area contributed by atoms with Crippen molar-refractivity contribution in [3.8, 4) is 5.75 Å². The molecule has 25 heavy (non-hydrogen) atoms. The second-order valence-corrected chi connectivity index (χ2v) is 6.89. The van der Waals surface area contributed by atoms with Crippen LogP contribution in [-0.2, 0) is 27.8 Å². The first kappa shape index (κ1) is 17.4. The highest BCUT2D eigenvalue weighted by molar-refractivity contribution is 5.93. The summed E-state index contributed by atoms with van der Waals surface area (Å²) in [5.74, 6) is 1.18. The highest BCUT2D eigenvalue weighted by atomic mass is 16.5. The normalized spacial score (nSPS) is 19.4. The third-order valence-corrected chi connectivity index (χ3v) is 5.24. The molecular weight excluding hydrogens is 312 g/mol. The zero-order valence-corrected chi connectivity index (χ0v) is 14.9. The van der Waals surface area contributed by atoms with E-state index >= 15 is 0 Å². The third kappa shape index (κ3) is 3.51. The van der Waals surface area contributed by atoms with Gasteiger partial charge in [-0.05, 0) is 55.0 Å². The monoisotopic (exact) mass is 336 g/mol. The van der Waals surface area contributed by atoms with Crippen LogP contribution in [0.5, 0.6) is 5.75 Å². The van der Waals surface area contributed by atoms with Gasteiger partial charge in [0, 0.05) is 12.8 Å². The molecule has 0 N–H and O–H groups in total. The predicted octanol–water partition coefficient (Wildman–Crippen LogP) is 4.06. The van der Waals surface area contributed by atoms with Gasteiger partial charge in [-0.3, -0.25) is 4.79 Å². The molecule has 0 fully saturated rings. The number of ether oxygens (including phenoxy) is 1. The molecule has 1 aliphatic carbocycles. The number of hydrogen-bond acceptors (Lipinski definition) is 3. The van der Waals surface area contributed by atoms with Crippen molar-refractivity contribution < 1.29 is 14.3 Å². The number of carbonyl (C=O) groups excluding carboxylic acids is 2. The largest absolute Gasteiger partial charge is 0.497 e. The number of ketones is 2. The van der Waals surface area contributed by atoms with Gasteiger partial charge in [-0.15, -0.1) is 0 Å². The van der Waals surface area contributed by atoms with Crippen LogP contribution >= 0.6 is 0 Å². The van der Waals surface area contributed by atoms with Crippen LogP contribution in [0, 0.1) is 0 Å². The van der Waals surface area contributed by atoms with Crippen LogP contribution in [0.3, 0.4) is 0 Å². The van der Waals surface area contributed by atoms with E-state index in [4.69, 9.17) is 4.74 Å². The molecule has 0 radical (unpaired) electrons. The standard InChI is InChI=1S/C22H24O3/c1-16(23)12-13-22(15-17-6-4-3-5-7-17)20-10-9-19(25-2)14-18(20)8-11-21(22)24/h3-7,9-10,14H,8,11-13,15H2,1-2H3. The molecule has 0 aliphatic heterocycles. The summed E-state index contributed by atoms with van der Waals surface area (Å²) in [5.41, 5.74) is 2.74. The molecule has 0 amide bonds. The van der Waals surface area contributed by atoms with Crippen molar-refractivity contribution in [3.63, 3.8) is 0 Å². The molecule has 0 saturated heterocycles. The van der Waals surface area contributed by atoms with Crippen LogP contribution in [0.4, 0.5) is 0 Å². The Balaban J connectivity index is 2.09. The molecule has 3 heteroatoms. The number of rotatable bonds is 6. The smallest absolute Gasteiger partial charge is 0.144 e. The summed E-state index contributed by atoms with van der Waals surface area (Å²) in [5, 5.41) is 0. The van der Waals surface area contributed by atoms with Gasteiger partial charge in [-0.1, -0.05) is 36.4 Å². The van der Waals surface area contributed by atoms with Crippen molar-refractivity contribution in [2.24, 2.45) is 0 Å². The van der Waals surface area contributed by atoms with E-state index < -0.39 is 5.41 Å². The highest BCUT2D eigenvalue weighted by Crippen LogP contribution is 2.42. The van der Waals surface area contributed by atoms with E-state index in [-0.39, 0.29) is 11.6 Å². The van der Waals surface area contributed by atoms with Gasteiger partial charge >= 0.3 is 0 Å². The zero-order chi connectivity index (χ0) is 17.9. The highest BCUT2D eigenvalue weighted by Gasteiger charge is 2.43. The van der Waals surface area contributed by atoms with Crippen molar-refractivity contribution in [2.45, 2.75) is 44.4 Å². The number of benzene rings is 2. The first-order chi connectivity index (χ1) is 12.0. The van der Waals surface area contributed by atoms with Gasteiger partial charge in [0.15, 0.2) is 0 Å². The molecule has 2 aromatic carbocycles. The second-order valence-electron chi connectivity index (χ2n) is 6.89. The molecule has 1 aliphatic rings. The van der Waals surface area contributed by atoms with Crippen molar-refractivity contribution >= 4 is 11.6 Å². The molecule has 0 saturated carbocycles. The Morgan fingerprint density at radius 3 is 2.56 bits per heavy atom.